The summed E-state index contributed by atoms with van der Waals surface area (Å²) in [7, 11) is 1.76. The van der Waals surface area contributed by atoms with E-state index in [0.717, 1.165) is 0 Å². The highest BCUT2D eigenvalue weighted by Crippen LogP contribution is 2.06. The maximum Gasteiger partial charge on any atom is 0.239 e. The fourth-order valence-electron chi connectivity index (χ4n) is 1.63. The third-order valence-corrected chi connectivity index (χ3v) is 2.45. The highest BCUT2D eigenvalue weighted by atomic mass is 16.5. The molecule has 2 N–H and O–H groups in total. The van der Waals surface area contributed by atoms with E-state index in [1.807, 2.05) is 13.8 Å². The summed E-state index contributed by atoms with van der Waals surface area (Å²) in [6.45, 7) is 6.34. The molecule has 0 radical (unpaired) electrons. The van der Waals surface area contributed by atoms with E-state index in [0.29, 0.717) is 18.1 Å². The van der Waals surface area contributed by atoms with Gasteiger partial charge in [-0.3, -0.25) is 9.69 Å². The van der Waals surface area contributed by atoms with Gasteiger partial charge in [0, 0.05) is 12.6 Å². The number of aliphatic hydroxyl groups excluding tert-OH is 1. The Bertz CT molecular complexity index is 420. The van der Waals surface area contributed by atoms with Crippen LogP contribution in [0.1, 0.15) is 19.6 Å². The van der Waals surface area contributed by atoms with Crippen molar-refractivity contribution in [2.75, 3.05) is 32.1 Å². The summed E-state index contributed by atoms with van der Waals surface area (Å²) in [6.07, 6.45) is -0.543. The van der Waals surface area contributed by atoms with E-state index in [9.17, 15) is 9.90 Å². The number of carbonyl (C=O) groups excluding carboxylic acids is 1. The molecule has 1 heterocycles. The van der Waals surface area contributed by atoms with E-state index >= 15 is 0 Å². The van der Waals surface area contributed by atoms with Crippen molar-refractivity contribution in [1.29, 1.82) is 0 Å². The van der Waals surface area contributed by atoms with Crippen molar-refractivity contribution in [3.05, 3.63) is 11.8 Å². The number of rotatable bonds is 8. The van der Waals surface area contributed by atoms with Crippen LogP contribution in [0.3, 0.4) is 0 Å². The monoisotopic (exact) mass is 285 g/mol. The Labute approximate surface area is 118 Å². The first kappa shape index (κ1) is 16.6. The second-order valence-corrected chi connectivity index (χ2v) is 5.10. The van der Waals surface area contributed by atoms with Crippen LogP contribution in [-0.2, 0) is 9.53 Å². The van der Waals surface area contributed by atoms with E-state index < -0.39 is 6.10 Å². The number of nitrogens with one attached hydrogen (secondary N) is 1. The van der Waals surface area contributed by atoms with Crippen molar-refractivity contribution in [2.45, 2.75) is 33.0 Å². The molecule has 114 valence electrons. The highest BCUT2D eigenvalue weighted by molar-refractivity contribution is 5.91. The molecule has 7 nitrogen and oxygen atoms in total. The van der Waals surface area contributed by atoms with Gasteiger partial charge in [-0.25, -0.2) is 0 Å². The molecule has 20 heavy (non-hydrogen) atoms. The number of aromatic nitrogens is 1. The zero-order chi connectivity index (χ0) is 15.1. The molecule has 1 aromatic rings. The number of ether oxygens (including phenoxy) is 1. The first-order valence-electron chi connectivity index (χ1n) is 6.58. The highest BCUT2D eigenvalue weighted by Gasteiger charge is 2.13. The third-order valence-electron chi connectivity index (χ3n) is 2.45. The first-order valence-corrected chi connectivity index (χ1v) is 6.58. The normalized spacial score (nSPS) is 12.9. The molecule has 0 bridgehead atoms. The lowest BCUT2D eigenvalue weighted by Crippen LogP contribution is -2.37. The van der Waals surface area contributed by atoms with Crippen LogP contribution in [0, 0.1) is 6.92 Å². The van der Waals surface area contributed by atoms with Gasteiger partial charge in [0.15, 0.2) is 5.82 Å². The smallest absolute Gasteiger partial charge is 0.239 e. The van der Waals surface area contributed by atoms with Gasteiger partial charge < -0.3 is 19.7 Å². The minimum Gasteiger partial charge on any atom is -0.389 e. The van der Waals surface area contributed by atoms with Gasteiger partial charge in [0.1, 0.15) is 5.76 Å². The van der Waals surface area contributed by atoms with Gasteiger partial charge in [-0.15, -0.1) is 0 Å². The lowest BCUT2D eigenvalue weighted by atomic mass is 10.3. The van der Waals surface area contributed by atoms with E-state index in [-0.39, 0.29) is 25.2 Å². The number of amides is 1. The zero-order valence-corrected chi connectivity index (χ0v) is 12.4. The molecule has 0 aliphatic heterocycles. The molecule has 1 rings (SSSR count). The van der Waals surface area contributed by atoms with E-state index in [4.69, 9.17) is 9.26 Å². The topological polar surface area (TPSA) is 87.8 Å². The third kappa shape index (κ3) is 6.65. The molecular weight excluding hydrogens is 262 g/mol. The predicted octanol–water partition coefficient (Wildman–Crippen LogP) is 0.639. The Morgan fingerprint density at radius 2 is 2.30 bits per heavy atom. The quantitative estimate of drug-likeness (QED) is 0.729. The van der Waals surface area contributed by atoms with Crippen LogP contribution < -0.4 is 5.32 Å². The number of nitrogens with zero attached hydrogens (tertiary/aromatic N) is 2. The van der Waals surface area contributed by atoms with E-state index in [2.05, 4.69) is 10.5 Å². The molecule has 0 aromatic carbocycles. The summed E-state index contributed by atoms with van der Waals surface area (Å²) in [5, 5.41) is 16.0. The van der Waals surface area contributed by atoms with Gasteiger partial charge in [-0.2, -0.15) is 0 Å². The van der Waals surface area contributed by atoms with Crippen molar-refractivity contribution in [3.8, 4) is 0 Å². The lowest BCUT2D eigenvalue weighted by molar-refractivity contribution is -0.117. The lowest BCUT2D eigenvalue weighted by Gasteiger charge is -2.20. The molecule has 1 aromatic heterocycles. The molecule has 0 aliphatic carbocycles. The Balaban J connectivity index is 2.27. The molecule has 1 unspecified atom stereocenters. The molecule has 1 amide bonds. The van der Waals surface area contributed by atoms with Crippen molar-refractivity contribution < 1.29 is 19.2 Å². The van der Waals surface area contributed by atoms with Gasteiger partial charge in [-0.05, 0) is 27.8 Å². The number of carbonyl (C=O) groups is 1. The maximum atomic E-state index is 11.7. The minimum atomic E-state index is -0.621. The standard InChI is InChI=1S/C13H23N3O4/c1-9(2)19-8-11(17)6-16(4)7-13(18)14-12-5-10(3)20-15-12/h5,9,11,17H,6-8H2,1-4H3,(H,14,15,18). The molecule has 0 fully saturated rings. The average Bonchev–Trinajstić information content (AvgIpc) is 2.71. The van der Waals surface area contributed by atoms with Crippen LogP contribution >= 0.6 is 0 Å². The van der Waals surface area contributed by atoms with E-state index in [1.165, 1.54) is 0 Å². The molecule has 0 saturated carbocycles. The SMILES string of the molecule is Cc1cc(NC(=O)CN(C)CC(O)COC(C)C)no1. The van der Waals surface area contributed by atoms with Gasteiger partial charge in [0.25, 0.3) is 0 Å². The van der Waals surface area contributed by atoms with Gasteiger partial charge in [-0.1, -0.05) is 5.16 Å². The van der Waals surface area contributed by atoms with Crippen LogP contribution in [0.4, 0.5) is 5.82 Å². The maximum absolute atomic E-state index is 11.7. The summed E-state index contributed by atoms with van der Waals surface area (Å²) in [5.41, 5.74) is 0. The molecule has 7 heteroatoms. The van der Waals surface area contributed by atoms with Crippen molar-refractivity contribution in [1.82, 2.24) is 10.1 Å². The van der Waals surface area contributed by atoms with Gasteiger partial charge in [0.05, 0.1) is 25.4 Å². The minimum absolute atomic E-state index is 0.0775. The number of likely N-dealkylation sites (N-methyl/N-ethyl adjacent to an activating group) is 1. The van der Waals surface area contributed by atoms with Crippen LogP contribution in [0.25, 0.3) is 0 Å². The van der Waals surface area contributed by atoms with Crippen LogP contribution in [0.2, 0.25) is 0 Å². The van der Waals surface area contributed by atoms with Crippen LogP contribution in [0.15, 0.2) is 10.6 Å². The Morgan fingerprint density at radius 3 is 2.85 bits per heavy atom. The zero-order valence-electron chi connectivity index (χ0n) is 12.4. The van der Waals surface area contributed by atoms with E-state index in [1.54, 1.807) is 24.9 Å². The Kier molecular flexibility index (Phi) is 6.63. The molecule has 0 saturated heterocycles. The molecule has 0 aliphatic rings. The summed E-state index contributed by atoms with van der Waals surface area (Å²) < 4.78 is 10.2. The van der Waals surface area contributed by atoms with Crippen molar-refractivity contribution in [3.63, 3.8) is 0 Å². The number of hydrogen-bond acceptors (Lipinski definition) is 6. The van der Waals surface area contributed by atoms with Crippen LogP contribution in [-0.4, -0.2) is 60.0 Å². The molecule has 0 spiro atoms. The summed E-state index contributed by atoms with van der Waals surface area (Å²) in [5.74, 6) is 0.817. The second kappa shape index (κ2) is 7.98. The number of aliphatic hydroxyl groups is 1. The van der Waals surface area contributed by atoms with Gasteiger partial charge in [0.2, 0.25) is 5.91 Å². The summed E-state index contributed by atoms with van der Waals surface area (Å²) >= 11 is 0. The second-order valence-electron chi connectivity index (χ2n) is 5.10. The Morgan fingerprint density at radius 1 is 1.60 bits per heavy atom. The summed E-state index contributed by atoms with van der Waals surface area (Å²) in [4.78, 5) is 13.5. The fourth-order valence-corrected chi connectivity index (χ4v) is 1.63. The fraction of sp³-hybridized carbons (Fsp3) is 0.692. The number of anilines is 1. The van der Waals surface area contributed by atoms with Crippen molar-refractivity contribution >= 4 is 11.7 Å². The molecular formula is C13H23N3O4. The predicted molar refractivity (Wildman–Crippen MR) is 74.5 cm³/mol. The molecule has 1 atom stereocenters. The van der Waals surface area contributed by atoms with Crippen molar-refractivity contribution in [2.24, 2.45) is 0 Å². The number of aryl methyl sites for hydroxylation is 1. The number of hydrogen-bond donors (Lipinski definition) is 2. The van der Waals surface area contributed by atoms with Gasteiger partial charge >= 0.3 is 0 Å². The largest absolute Gasteiger partial charge is 0.389 e. The van der Waals surface area contributed by atoms with Crippen LogP contribution in [0.5, 0.6) is 0 Å². The first-order chi connectivity index (χ1) is 9.36. The Hall–Kier alpha value is -1.44. The average molecular weight is 285 g/mol. The summed E-state index contributed by atoms with van der Waals surface area (Å²) in [6, 6.07) is 1.64.